The first-order valence-corrected chi connectivity index (χ1v) is 5.71. The van der Waals surface area contributed by atoms with Crippen molar-refractivity contribution in [2.45, 2.75) is 32.7 Å². The van der Waals surface area contributed by atoms with Gasteiger partial charge in [-0.1, -0.05) is 13.8 Å². The lowest BCUT2D eigenvalue weighted by atomic mass is 10.1. The van der Waals surface area contributed by atoms with Crippen molar-refractivity contribution in [3.63, 3.8) is 0 Å². The van der Waals surface area contributed by atoms with E-state index >= 15 is 0 Å². The zero-order chi connectivity index (χ0) is 12.8. The normalized spacial score (nSPS) is 10.4. The predicted molar refractivity (Wildman–Crippen MR) is 67.6 cm³/mol. The maximum absolute atomic E-state index is 10.7. The molecule has 1 rings (SSSR count). The number of hydrogen-bond acceptors (Lipinski definition) is 4. The van der Waals surface area contributed by atoms with Gasteiger partial charge in [-0.3, -0.25) is 10.1 Å². The van der Waals surface area contributed by atoms with Crippen LogP contribution in [-0.4, -0.2) is 18.1 Å². The van der Waals surface area contributed by atoms with Crippen molar-refractivity contribution >= 4 is 11.4 Å². The molecule has 0 saturated carbocycles. The maximum Gasteiger partial charge on any atom is 0.311 e. The molecule has 0 radical (unpaired) electrons. The standard InChI is InChI=1S/C12H18N2O3/c1-4-9(5-2)13-10-6-7-11(14(15)16)12(8-10)17-3/h6-9,13H,4-5H2,1-3H3. The number of nitrogens with zero attached hydrogens (tertiary/aromatic N) is 1. The summed E-state index contributed by atoms with van der Waals surface area (Å²) < 4.78 is 5.01. The van der Waals surface area contributed by atoms with Gasteiger partial charge in [0.2, 0.25) is 0 Å². The van der Waals surface area contributed by atoms with Gasteiger partial charge in [-0.15, -0.1) is 0 Å². The van der Waals surface area contributed by atoms with Gasteiger partial charge >= 0.3 is 5.69 Å². The van der Waals surface area contributed by atoms with Crippen molar-refractivity contribution in [2.24, 2.45) is 0 Å². The van der Waals surface area contributed by atoms with Crippen molar-refractivity contribution in [3.05, 3.63) is 28.3 Å². The molecule has 0 heterocycles. The third-order valence-corrected chi connectivity index (χ3v) is 2.73. The lowest BCUT2D eigenvalue weighted by molar-refractivity contribution is -0.385. The van der Waals surface area contributed by atoms with E-state index in [4.69, 9.17) is 4.74 Å². The van der Waals surface area contributed by atoms with Gasteiger partial charge in [0, 0.05) is 23.9 Å². The van der Waals surface area contributed by atoms with E-state index < -0.39 is 4.92 Å². The first-order valence-electron chi connectivity index (χ1n) is 5.71. The summed E-state index contributed by atoms with van der Waals surface area (Å²) in [5.74, 6) is 0.283. The van der Waals surface area contributed by atoms with Gasteiger partial charge in [-0.25, -0.2) is 0 Å². The van der Waals surface area contributed by atoms with Crippen LogP contribution in [0, 0.1) is 10.1 Å². The number of methoxy groups -OCH3 is 1. The SMILES string of the molecule is CCC(CC)Nc1ccc([N+](=O)[O-])c(OC)c1. The molecule has 5 heteroatoms. The second-order valence-corrected chi connectivity index (χ2v) is 3.80. The summed E-state index contributed by atoms with van der Waals surface area (Å²) in [6, 6.07) is 5.21. The molecule has 0 saturated heterocycles. The monoisotopic (exact) mass is 238 g/mol. The number of benzene rings is 1. The summed E-state index contributed by atoms with van der Waals surface area (Å²) in [5.41, 5.74) is 0.837. The summed E-state index contributed by atoms with van der Waals surface area (Å²) >= 11 is 0. The summed E-state index contributed by atoms with van der Waals surface area (Å²) in [6.45, 7) is 4.20. The van der Waals surface area contributed by atoms with E-state index in [0.717, 1.165) is 18.5 Å². The van der Waals surface area contributed by atoms with Gasteiger partial charge in [-0.2, -0.15) is 0 Å². The first-order chi connectivity index (χ1) is 8.12. The Bertz CT molecular complexity index is 389. The van der Waals surface area contributed by atoms with Crippen LogP contribution in [0.4, 0.5) is 11.4 Å². The Kier molecular flexibility index (Phi) is 4.75. The Morgan fingerprint density at radius 3 is 2.53 bits per heavy atom. The minimum absolute atomic E-state index is 0.0115. The molecular formula is C12H18N2O3. The third-order valence-electron chi connectivity index (χ3n) is 2.73. The molecule has 0 aliphatic carbocycles. The highest BCUT2D eigenvalue weighted by Gasteiger charge is 2.15. The number of rotatable bonds is 6. The fraction of sp³-hybridized carbons (Fsp3) is 0.500. The van der Waals surface area contributed by atoms with Gasteiger partial charge < -0.3 is 10.1 Å². The van der Waals surface area contributed by atoms with E-state index in [-0.39, 0.29) is 11.4 Å². The van der Waals surface area contributed by atoms with Crippen LogP contribution in [0.25, 0.3) is 0 Å². The molecule has 1 aromatic rings. The van der Waals surface area contributed by atoms with Crippen LogP contribution >= 0.6 is 0 Å². The summed E-state index contributed by atoms with van der Waals surface area (Å²) in [4.78, 5) is 10.3. The minimum Gasteiger partial charge on any atom is -0.490 e. The van der Waals surface area contributed by atoms with Crippen molar-refractivity contribution < 1.29 is 9.66 Å². The molecule has 0 aromatic heterocycles. The lowest BCUT2D eigenvalue weighted by Gasteiger charge is -2.16. The topological polar surface area (TPSA) is 64.4 Å². The Morgan fingerprint density at radius 1 is 1.41 bits per heavy atom. The molecule has 17 heavy (non-hydrogen) atoms. The van der Waals surface area contributed by atoms with Gasteiger partial charge in [0.25, 0.3) is 0 Å². The molecule has 1 aromatic carbocycles. The Labute approximate surface area is 101 Å². The average molecular weight is 238 g/mol. The third kappa shape index (κ3) is 3.34. The highest BCUT2D eigenvalue weighted by Crippen LogP contribution is 2.30. The Hall–Kier alpha value is -1.78. The molecule has 0 fully saturated rings. The fourth-order valence-electron chi connectivity index (χ4n) is 1.65. The molecule has 0 spiro atoms. The Morgan fingerprint density at radius 2 is 2.06 bits per heavy atom. The average Bonchev–Trinajstić information content (AvgIpc) is 2.35. The first kappa shape index (κ1) is 13.3. The lowest BCUT2D eigenvalue weighted by Crippen LogP contribution is -2.16. The fourth-order valence-corrected chi connectivity index (χ4v) is 1.65. The molecule has 0 aliphatic heterocycles. The van der Waals surface area contributed by atoms with E-state index in [0.29, 0.717) is 6.04 Å². The molecule has 0 atom stereocenters. The van der Waals surface area contributed by atoms with Crippen molar-refractivity contribution in [3.8, 4) is 5.75 Å². The highest BCUT2D eigenvalue weighted by atomic mass is 16.6. The number of anilines is 1. The maximum atomic E-state index is 10.7. The van der Waals surface area contributed by atoms with Crippen LogP contribution in [0.3, 0.4) is 0 Å². The number of nitro benzene ring substituents is 1. The molecular weight excluding hydrogens is 220 g/mol. The molecule has 5 nitrogen and oxygen atoms in total. The van der Waals surface area contributed by atoms with Crippen molar-refractivity contribution in [2.75, 3.05) is 12.4 Å². The van der Waals surface area contributed by atoms with Crippen LogP contribution in [0.1, 0.15) is 26.7 Å². The smallest absolute Gasteiger partial charge is 0.311 e. The summed E-state index contributed by atoms with van der Waals surface area (Å²) in [5, 5.41) is 14.0. The molecule has 0 unspecified atom stereocenters. The van der Waals surface area contributed by atoms with Crippen molar-refractivity contribution in [1.82, 2.24) is 0 Å². The highest BCUT2D eigenvalue weighted by molar-refractivity contribution is 5.58. The zero-order valence-corrected chi connectivity index (χ0v) is 10.4. The van der Waals surface area contributed by atoms with Gasteiger partial charge in [0.1, 0.15) is 0 Å². The van der Waals surface area contributed by atoms with Gasteiger partial charge in [0.15, 0.2) is 5.75 Å². The van der Waals surface area contributed by atoms with E-state index in [1.54, 1.807) is 12.1 Å². The van der Waals surface area contributed by atoms with Crippen LogP contribution in [-0.2, 0) is 0 Å². The van der Waals surface area contributed by atoms with Crippen LogP contribution in [0.2, 0.25) is 0 Å². The zero-order valence-electron chi connectivity index (χ0n) is 10.4. The van der Waals surface area contributed by atoms with Crippen LogP contribution in [0.15, 0.2) is 18.2 Å². The predicted octanol–water partition coefficient (Wildman–Crippen LogP) is 3.20. The second kappa shape index (κ2) is 6.08. The van der Waals surface area contributed by atoms with Gasteiger partial charge in [-0.05, 0) is 18.9 Å². The summed E-state index contributed by atoms with van der Waals surface area (Å²) in [6.07, 6.45) is 2.02. The molecule has 0 bridgehead atoms. The van der Waals surface area contributed by atoms with Crippen molar-refractivity contribution in [1.29, 1.82) is 0 Å². The number of ether oxygens (including phenoxy) is 1. The summed E-state index contributed by atoms with van der Waals surface area (Å²) in [7, 11) is 1.43. The van der Waals surface area contributed by atoms with E-state index in [1.807, 2.05) is 0 Å². The largest absolute Gasteiger partial charge is 0.490 e. The second-order valence-electron chi connectivity index (χ2n) is 3.80. The molecule has 1 N–H and O–H groups in total. The minimum atomic E-state index is -0.445. The van der Waals surface area contributed by atoms with Crippen LogP contribution < -0.4 is 10.1 Å². The van der Waals surface area contributed by atoms with E-state index in [9.17, 15) is 10.1 Å². The van der Waals surface area contributed by atoms with E-state index in [1.165, 1.54) is 13.2 Å². The molecule has 94 valence electrons. The number of hydrogen-bond donors (Lipinski definition) is 1. The molecule has 0 amide bonds. The van der Waals surface area contributed by atoms with Crippen LogP contribution in [0.5, 0.6) is 5.75 Å². The molecule has 0 aliphatic rings. The van der Waals surface area contributed by atoms with E-state index in [2.05, 4.69) is 19.2 Å². The quantitative estimate of drug-likeness (QED) is 0.610. The Balaban J connectivity index is 2.93. The number of nitrogens with one attached hydrogen (secondary N) is 1. The van der Waals surface area contributed by atoms with Gasteiger partial charge in [0.05, 0.1) is 12.0 Å². The number of nitro groups is 1.